The molecule has 0 bridgehead atoms. The number of hydrogen-bond acceptors (Lipinski definition) is 3. The third-order valence-electron chi connectivity index (χ3n) is 17.4. The van der Waals surface area contributed by atoms with Crippen molar-refractivity contribution in [1.82, 2.24) is 9.13 Å². The molecule has 0 spiro atoms. The van der Waals surface area contributed by atoms with Crippen molar-refractivity contribution in [1.29, 1.82) is 0 Å². The summed E-state index contributed by atoms with van der Waals surface area (Å²) in [5.41, 5.74) is 25.0. The molecule has 392 valence electrons. The molecule has 0 radical (unpaired) electrons. The molecule has 15 aromatic rings. The van der Waals surface area contributed by atoms with Crippen LogP contribution in [0.15, 0.2) is 315 Å². The molecule has 17 rings (SSSR count). The minimum atomic E-state index is -0.198. The predicted octanol–water partition coefficient (Wildman–Crippen LogP) is 18.8. The number of nitrogens with zero attached hydrogens (tertiary/aromatic N) is 5. The highest BCUT2D eigenvalue weighted by atomic mass is 15.2. The van der Waals surface area contributed by atoms with Crippen LogP contribution in [0, 0.1) is 0 Å². The molecule has 0 aliphatic carbocycles. The fourth-order valence-electron chi connectivity index (χ4n) is 13.9. The highest BCUT2D eigenvalue weighted by Crippen LogP contribution is 2.51. The number of benzene rings is 13. The van der Waals surface area contributed by atoms with E-state index >= 15 is 0 Å². The highest BCUT2D eigenvalue weighted by Gasteiger charge is 2.45. The van der Waals surface area contributed by atoms with Gasteiger partial charge in [-0.05, 0) is 136 Å². The van der Waals surface area contributed by atoms with Gasteiger partial charge in [0.05, 0.1) is 50.5 Å². The topological polar surface area (TPSA) is 19.6 Å². The molecule has 2 aliphatic rings. The van der Waals surface area contributed by atoms with Crippen molar-refractivity contribution in [3.63, 3.8) is 0 Å². The molecule has 6 heteroatoms. The summed E-state index contributed by atoms with van der Waals surface area (Å²) in [5, 5.41) is 4.88. The zero-order valence-corrected chi connectivity index (χ0v) is 45.8. The average molecular weight is 1070 g/mol. The first-order chi connectivity index (χ1) is 41.7. The lowest BCUT2D eigenvalue weighted by Crippen LogP contribution is -2.61. The molecule has 0 N–H and O–H groups in total. The van der Waals surface area contributed by atoms with Gasteiger partial charge in [0.2, 0.25) is 0 Å². The fraction of sp³-hybridized carbons (Fsp3) is 0. The molecule has 13 aromatic carbocycles. The van der Waals surface area contributed by atoms with Crippen LogP contribution in [-0.2, 0) is 0 Å². The summed E-state index contributed by atoms with van der Waals surface area (Å²) < 4.78 is 4.96. The number of hydrogen-bond donors (Lipinski definition) is 0. The maximum absolute atomic E-state index is 2.60. The Hall–Kier alpha value is -11.1. The van der Waals surface area contributed by atoms with E-state index in [-0.39, 0.29) is 6.71 Å². The lowest BCUT2D eigenvalue weighted by molar-refractivity contribution is 1.14. The van der Waals surface area contributed by atoms with Crippen LogP contribution >= 0.6 is 0 Å². The van der Waals surface area contributed by atoms with Gasteiger partial charge in [-0.15, -0.1) is 0 Å². The van der Waals surface area contributed by atoms with Gasteiger partial charge in [-0.25, -0.2) is 0 Å². The van der Waals surface area contributed by atoms with E-state index in [0.717, 1.165) is 84.6 Å². The van der Waals surface area contributed by atoms with Crippen molar-refractivity contribution in [3.8, 4) is 33.6 Å². The predicted molar refractivity (Wildman–Crippen MR) is 355 cm³/mol. The van der Waals surface area contributed by atoms with Crippen LogP contribution in [0.2, 0.25) is 0 Å². The van der Waals surface area contributed by atoms with Crippen molar-refractivity contribution in [2.24, 2.45) is 0 Å². The van der Waals surface area contributed by atoms with Gasteiger partial charge in [-0.3, -0.25) is 0 Å². The van der Waals surface area contributed by atoms with Crippen LogP contribution in [0.25, 0.3) is 77.2 Å². The first-order valence-electron chi connectivity index (χ1n) is 29.0. The summed E-state index contributed by atoms with van der Waals surface area (Å²) in [4.78, 5) is 7.63. The van der Waals surface area contributed by atoms with Gasteiger partial charge in [0.15, 0.2) is 0 Å². The Morgan fingerprint density at radius 2 is 0.548 bits per heavy atom. The van der Waals surface area contributed by atoms with Gasteiger partial charge in [0.25, 0.3) is 6.71 Å². The summed E-state index contributed by atoms with van der Waals surface area (Å²) in [6, 6.07) is 116. The summed E-state index contributed by atoms with van der Waals surface area (Å²) in [7, 11) is 0. The average Bonchev–Trinajstić information content (AvgIpc) is 0.976. The summed E-state index contributed by atoms with van der Waals surface area (Å²) in [5.74, 6) is 0. The lowest BCUT2D eigenvalue weighted by atomic mass is 9.33. The lowest BCUT2D eigenvalue weighted by Gasteiger charge is -2.45. The number of rotatable bonds is 9. The fourth-order valence-corrected chi connectivity index (χ4v) is 13.9. The molecule has 0 amide bonds. The van der Waals surface area contributed by atoms with Crippen LogP contribution in [0.5, 0.6) is 0 Å². The van der Waals surface area contributed by atoms with Crippen LogP contribution in [0.3, 0.4) is 0 Å². The van der Waals surface area contributed by atoms with Gasteiger partial charge in [0.1, 0.15) is 0 Å². The minimum absolute atomic E-state index is 0.198. The largest absolute Gasteiger partial charge is 0.310 e. The molecule has 2 aliphatic heterocycles. The molecular weight excluding hydrogens is 1020 g/mol. The zero-order chi connectivity index (χ0) is 55.2. The number of fused-ring (bicyclic) bond motifs is 10. The second kappa shape index (κ2) is 19.3. The van der Waals surface area contributed by atoms with Crippen LogP contribution in [0.1, 0.15) is 0 Å². The van der Waals surface area contributed by atoms with E-state index in [1.165, 1.54) is 60.2 Å². The molecule has 2 aromatic heterocycles. The Morgan fingerprint density at radius 3 is 0.929 bits per heavy atom. The van der Waals surface area contributed by atoms with Crippen molar-refractivity contribution >= 4 is 118 Å². The van der Waals surface area contributed by atoms with Crippen LogP contribution in [0.4, 0.5) is 51.2 Å². The smallest absolute Gasteiger partial charge is 0.252 e. The second-order valence-electron chi connectivity index (χ2n) is 22.0. The standard InChI is InChI=1S/C78H52BN5/c1-5-25-53(26-6-1)55-45-47-70-64(49-55)79-65-50-56(54-27-7-2-8-28-54)46-48-71(65)84(75-44-24-22-42-73(75)82-68-39-19-15-35-62(68)63-36-16-20-40-69(63)82)77-52-59(80(57-29-9-3-10-30-57)58-31-11-4-12-32-58)51-76(78(77)79)83(70)74-43-23-21-41-72(74)81-66-37-17-13-33-60(66)61-34-14-18-38-67(61)81/h1-52H. The van der Waals surface area contributed by atoms with Gasteiger partial charge < -0.3 is 23.8 Å². The van der Waals surface area contributed by atoms with E-state index in [0.29, 0.717) is 0 Å². The van der Waals surface area contributed by atoms with Crippen molar-refractivity contribution < 1.29 is 0 Å². The second-order valence-corrected chi connectivity index (χ2v) is 22.0. The van der Waals surface area contributed by atoms with E-state index in [2.05, 4.69) is 339 Å². The summed E-state index contributed by atoms with van der Waals surface area (Å²) in [6.45, 7) is -0.198. The molecule has 0 fully saturated rings. The molecule has 0 unspecified atom stereocenters. The molecule has 0 atom stereocenters. The van der Waals surface area contributed by atoms with Gasteiger partial charge >= 0.3 is 0 Å². The third-order valence-corrected chi connectivity index (χ3v) is 17.4. The van der Waals surface area contributed by atoms with Gasteiger partial charge in [-0.1, -0.05) is 218 Å². The van der Waals surface area contributed by atoms with E-state index in [4.69, 9.17) is 0 Å². The summed E-state index contributed by atoms with van der Waals surface area (Å²) in [6.07, 6.45) is 0. The molecule has 4 heterocycles. The Kier molecular flexibility index (Phi) is 11.0. The third kappa shape index (κ3) is 7.37. The molecule has 0 saturated carbocycles. The normalized spacial score (nSPS) is 12.5. The maximum atomic E-state index is 2.60. The molecular formula is C78H52BN5. The zero-order valence-electron chi connectivity index (χ0n) is 45.8. The first-order valence-corrected chi connectivity index (χ1v) is 29.0. The van der Waals surface area contributed by atoms with E-state index in [9.17, 15) is 0 Å². The number of anilines is 9. The Bertz CT molecular complexity index is 4630. The quantitative estimate of drug-likeness (QED) is 0.134. The van der Waals surface area contributed by atoms with Crippen molar-refractivity contribution in [3.05, 3.63) is 315 Å². The number of aromatic nitrogens is 2. The van der Waals surface area contributed by atoms with E-state index in [1.54, 1.807) is 0 Å². The van der Waals surface area contributed by atoms with E-state index in [1.807, 2.05) is 0 Å². The highest BCUT2D eigenvalue weighted by molar-refractivity contribution is 7.00. The number of para-hydroxylation sites is 10. The summed E-state index contributed by atoms with van der Waals surface area (Å²) >= 11 is 0. The molecule has 84 heavy (non-hydrogen) atoms. The van der Waals surface area contributed by atoms with Gasteiger partial charge in [-0.2, -0.15) is 0 Å². The maximum Gasteiger partial charge on any atom is 0.252 e. The Balaban J connectivity index is 1.03. The molecule has 5 nitrogen and oxygen atoms in total. The van der Waals surface area contributed by atoms with E-state index < -0.39 is 0 Å². The molecule has 0 saturated heterocycles. The van der Waals surface area contributed by atoms with Crippen molar-refractivity contribution in [2.45, 2.75) is 0 Å². The SMILES string of the molecule is c1ccc(-c2ccc3c(c2)B2c4cc(-c5ccccc5)ccc4N(c4ccccc4-n4c5ccccc5c5ccccc54)c4cc(N(c5ccccc5)c5ccccc5)cc(c42)N3c2ccccc2-n2c3ccccc3c3ccccc32)cc1. The Morgan fingerprint density at radius 1 is 0.226 bits per heavy atom. The van der Waals surface area contributed by atoms with Crippen LogP contribution < -0.4 is 31.1 Å². The minimum Gasteiger partial charge on any atom is -0.310 e. The monoisotopic (exact) mass is 1070 g/mol. The van der Waals surface area contributed by atoms with Crippen LogP contribution in [-0.4, -0.2) is 15.8 Å². The first kappa shape index (κ1) is 47.7. The van der Waals surface area contributed by atoms with Crippen molar-refractivity contribution in [2.75, 3.05) is 14.7 Å². The van der Waals surface area contributed by atoms with Gasteiger partial charge in [0, 0.05) is 55.7 Å². The Labute approximate surface area is 488 Å².